The van der Waals surface area contributed by atoms with Crippen LogP contribution in [0.5, 0.6) is 0 Å². The Balaban J connectivity index is 2.06. The Morgan fingerprint density at radius 2 is 0.926 bits per heavy atom. The maximum Gasteiger partial charge on any atom is 0.389 e. The third kappa shape index (κ3) is 4.78. The molecular weight excluding hydrogens is 364 g/mol. The second-order valence-corrected chi connectivity index (χ2v) is 10.2. The van der Waals surface area contributed by atoms with Gasteiger partial charge in [-0.2, -0.15) is 13.2 Å². The molecule has 3 rings (SSSR count). The third-order valence-corrected chi connectivity index (χ3v) is 9.32. The number of rotatable bonds is 7. The van der Waals surface area contributed by atoms with E-state index >= 15 is 0 Å². The van der Waals surface area contributed by atoms with E-state index in [2.05, 4.69) is 36.4 Å². The van der Waals surface area contributed by atoms with Crippen LogP contribution in [0.4, 0.5) is 13.2 Å². The summed E-state index contributed by atoms with van der Waals surface area (Å²) < 4.78 is 38.0. The van der Waals surface area contributed by atoms with Gasteiger partial charge in [-0.25, -0.2) is 0 Å². The highest BCUT2D eigenvalue weighted by Crippen LogP contribution is 2.56. The Hall–Kier alpha value is -2.12. The first-order valence-corrected chi connectivity index (χ1v) is 11.1. The van der Waals surface area contributed by atoms with Crippen molar-refractivity contribution in [1.82, 2.24) is 0 Å². The van der Waals surface area contributed by atoms with Crippen LogP contribution in [0.3, 0.4) is 0 Å². The molecule has 0 aromatic heterocycles. The van der Waals surface area contributed by atoms with Crippen LogP contribution in [-0.2, 0) is 0 Å². The highest BCUT2D eigenvalue weighted by Gasteiger charge is 2.44. The van der Waals surface area contributed by atoms with Gasteiger partial charge in [-0.1, -0.05) is 54.6 Å². The molecule has 0 aliphatic rings. The second kappa shape index (κ2) is 8.71. The molecule has 27 heavy (non-hydrogen) atoms. The van der Waals surface area contributed by atoms with Crippen LogP contribution in [0.25, 0.3) is 0 Å². The Kier molecular flexibility index (Phi) is 6.34. The van der Waals surface area contributed by atoms with Crippen molar-refractivity contribution < 1.29 is 13.2 Å². The minimum atomic E-state index is -4.09. The first-order valence-electron chi connectivity index (χ1n) is 9.14. The molecule has 140 valence electrons. The summed E-state index contributed by atoms with van der Waals surface area (Å²) in [5.41, 5.74) is 0. The highest BCUT2D eigenvalue weighted by atomic mass is 31.2. The van der Waals surface area contributed by atoms with E-state index in [1.807, 2.05) is 54.6 Å². The molecule has 0 saturated carbocycles. The average molecular weight is 387 g/mol. The summed E-state index contributed by atoms with van der Waals surface area (Å²) >= 11 is 0. The number of hydrogen-bond acceptors (Lipinski definition) is 0. The first kappa shape index (κ1) is 19.6. The predicted octanol–water partition coefficient (Wildman–Crippen LogP) is 5.71. The summed E-state index contributed by atoms with van der Waals surface area (Å²) in [5, 5.41) is 3.65. The molecule has 0 aliphatic heterocycles. The molecule has 0 N–H and O–H groups in total. The molecule has 0 spiro atoms. The normalized spacial score (nSPS) is 12.1. The van der Waals surface area contributed by atoms with Gasteiger partial charge >= 0.3 is 6.18 Å². The van der Waals surface area contributed by atoms with Crippen molar-refractivity contribution >= 4 is 23.2 Å². The lowest BCUT2D eigenvalue weighted by Crippen LogP contribution is -2.33. The van der Waals surface area contributed by atoms with Gasteiger partial charge in [-0.3, -0.25) is 0 Å². The van der Waals surface area contributed by atoms with E-state index in [0.29, 0.717) is 6.42 Å². The van der Waals surface area contributed by atoms with Crippen molar-refractivity contribution in [2.75, 3.05) is 6.16 Å². The van der Waals surface area contributed by atoms with Crippen molar-refractivity contribution in [1.29, 1.82) is 0 Å². The molecule has 0 atom stereocenters. The van der Waals surface area contributed by atoms with Gasteiger partial charge in [0.05, 0.1) is 6.16 Å². The van der Waals surface area contributed by atoms with Crippen LogP contribution >= 0.6 is 7.26 Å². The zero-order valence-electron chi connectivity index (χ0n) is 15.1. The first-order chi connectivity index (χ1) is 13.0. The molecule has 4 heteroatoms. The Labute approximate surface area is 159 Å². The van der Waals surface area contributed by atoms with E-state index < -0.39 is 19.9 Å². The molecule has 0 bridgehead atoms. The zero-order chi connectivity index (χ0) is 19.2. The fourth-order valence-electron chi connectivity index (χ4n) is 3.56. The van der Waals surface area contributed by atoms with E-state index in [0.717, 1.165) is 6.16 Å². The van der Waals surface area contributed by atoms with Crippen LogP contribution in [0.1, 0.15) is 19.3 Å². The van der Waals surface area contributed by atoms with Crippen LogP contribution < -0.4 is 15.9 Å². The molecule has 0 amide bonds. The van der Waals surface area contributed by atoms with Crippen LogP contribution in [-0.4, -0.2) is 12.3 Å². The average Bonchev–Trinajstić information content (AvgIpc) is 2.70. The number of halogens is 3. The zero-order valence-corrected chi connectivity index (χ0v) is 16.0. The van der Waals surface area contributed by atoms with Gasteiger partial charge < -0.3 is 0 Å². The minimum Gasteiger partial charge on any atom is -0.171 e. The Morgan fingerprint density at radius 3 is 1.26 bits per heavy atom. The van der Waals surface area contributed by atoms with Crippen molar-refractivity contribution in [3.63, 3.8) is 0 Å². The van der Waals surface area contributed by atoms with Gasteiger partial charge in [-0.05, 0) is 49.2 Å². The van der Waals surface area contributed by atoms with Crippen LogP contribution in [0.2, 0.25) is 0 Å². The van der Waals surface area contributed by atoms with Gasteiger partial charge in [0.1, 0.15) is 23.2 Å². The fourth-order valence-corrected chi connectivity index (χ4v) is 7.97. The van der Waals surface area contributed by atoms with Gasteiger partial charge in [0, 0.05) is 6.42 Å². The molecule has 0 heterocycles. The van der Waals surface area contributed by atoms with E-state index in [9.17, 15) is 13.2 Å². The Morgan fingerprint density at radius 1 is 0.556 bits per heavy atom. The minimum absolute atomic E-state index is 0.164. The topological polar surface area (TPSA) is 0 Å². The quantitative estimate of drug-likeness (QED) is 0.360. The number of unbranched alkanes of at least 4 members (excludes halogenated alkanes) is 1. The molecule has 0 unspecified atom stereocenters. The standard InChI is InChI=1S/C23H23F3P/c24-23(25,26)18-10-11-19-27(20-12-4-1-5-13-20,21-14-6-2-7-15-21)22-16-8-3-9-17-22/h1-9,12-17H,10-11,18-19H2/q+1. The number of hydrogen-bond donors (Lipinski definition) is 0. The summed E-state index contributed by atoms with van der Waals surface area (Å²) in [4.78, 5) is 0. The predicted molar refractivity (Wildman–Crippen MR) is 110 cm³/mol. The van der Waals surface area contributed by atoms with E-state index in [4.69, 9.17) is 0 Å². The molecule has 0 saturated heterocycles. The fraction of sp³-hybridized carbons (Fsp3) is 0.217. The maximum absolute atomic E-state index is 12.7. The lowest BCUT2D eigenvalue weighted by Gasteiger charge is -2.27. The SMILES string of the molecule is FC(F)(F)CCCC[P+](c1ccccc1)(c1ccccc1)c1ccccc1. The molecule has 0 nitrogen and oxygen atoms in total. The number of benzene rings is 3. The largest absolute Gasteiger partial charge is 0.389 e. The van der Waals surface area contributed by atoms with Crippen LogP contribution in [0, 0.1) is 0 Å². The lowest BCUT2D eigenvalue weighted by atomic mass is 10.2. The Bertz CT molecular complexity index is 718. The van der Waals surface area contributed by atoms with Gasteiger partial charge in [-0.15, -0.1) is 0 Å². The van der Waals surface area contributed by atoms with E-state index in [1.54, 1.807) is 0 Å². The summed E-state index contributed by atoms with van der Waals surface area (Å²) in [5.74, 6) is 0. The van der Waals surface area contributed by atoms with E-state index in [1.165, 1.54) is 15.9 Å². The van der Waals surface area contributed by atoms with Crippen molar-refractivity contribution in [2.24, 2.45) is 0 Å². The number of alkyl halides is 3. The van der Waals surface area contributed by atoms with Gasteiger partial charge in [0.25, 0.3) is 0 Å². The molecule has 0 aliphatic carbocycles. The maximum atomic E-state index is 12.7. The van der Waals surface area contributed by atoms with Gasteiger partial charge in [0.2, 0.25) is 0 Å². The molecule has 3 aromatic rings. The van der Waals surface area contributed by atoms with Crippen molar-refractivity contribution in [2.45, 2.75) is 25.4 Å². The van der Waals surface area contributed by atoms with E-state index in [-0.39, 0.29) is 6.42 Å². The molecule has 0 radical (unpaired) electrons. The lowest BCUT2D eigenvalue weighted by molar-refractivity contribution is -0.135. The van der Waals surface area contributed by atoms with Crippen LogP contribution in [0.15, 0.2) is 91.0 Å². The van der Waals surface area contributed by atoms with Gasteiger partial charge in [0.15, 0.2) is 0 Å². The third-order valence-electron chi connectivity index (χ3n) is 4.79. The summed E-state index contributed by atoms with van der Waals surface area (Å²) in [6.45, 7) is 0. The summed E-state index contributed by atoms with van der Waals surface area (Å²) in [6.07, 6.45) is -3.36. The summed E-state index contributed by atoms with van der Waals surface area (Å²) in [7, 11) is -2.00. The summed E-state index contributed by atoms with van der Waals surface area (Å²) in [6, 6.07) is 30.8. The van der Waals surface area contributed by atoms with Crippen molar-refractivity contribution in [3.05, 3.63) is 91.0 Å². The monoisotopic (exact) mass is 387 g/mol. The molecule has 3 aromatic carbocycles. The van der Waals surface area contributed by atoms with Crippen molar-refractivity contribution in [3.8, 4) is 0 Å². The molecular formula is C23H23F3P+. The highest BCUT2D eigenvalue weighted by molar-refractivity contribution is 7.95. The molecule has 0 fully saturated rings. The smallest absolute Gasteiger partial charge is 0.171 e. The second-order valence-electron chi connectivity index (χ2n) is 6.61.